The summed E-state index contributed by atoms with van der Waals surface area (Å²) in [6, 6.07) is 33.4. The Morgan fingerprint density at radius 1 is 0.197 bits per heavy atom. The number of rotatable bonds is 12. The highest BCUT2D eigenvalue weighted by Crippen LogP contribution is 2.45. The Kier molecular flexibility index (Phi) is 13.9. The van der Waals surface area contributed by atoms with Crippen LogP contribution in [0.25, 0.3) is 22.3 Å². The molecule has 0 aromatic heterocycles. The van der Waals surface area contributed by atoms with E-state index in [1.807, 2.05) is 0 Å². The fraction of sp³-hybridized carbons (Fsp3) is 0. The van der Waals surface area contributed by atoms with Gasteiger partial charge in [-0.2, -0.15) is 17.6 Å². The van der Waals surface area contributed by atoms with Gasteiger partial charge in [-0.05, 0) is 97.1 Å². The Hall–Kier alpha value is -9.08. The highest BCUT2D eigenvalue weighted by molar-refractivity contribution is 5.81. The number of para-hydroxylation sites is 2. The fourth-order valence-electron chi connectivity index (χ4n) is 7.85. The van der Waals surface area contributed by atoms with Gasteiger partial charge in [-0.15, -0.1) is 0 Å². The van der Waals surface area contributed by atoms with Crippen LogP contribution < -0.4 is 19.3 Å². The van der Waals surface area contributed by atoms with Gasteiger partial charge in [0.2, 0.25) is 46.4 Å². The molecular formula is C54H22F18N2O2. The van der Waals surface area contributed by atoms with Gasteiger partial charge in [0.15, 0.2) is 69.8 Å². The highest BCUT2D eigenvalue weighted by Gasteiger charge is 2.37. The summed E-state index contributed by atoms with van der Waals surface area (Å²) < 4.78 is 273. The smallest absolute Gasteiger partial charge is 0.205 e. The molecule has 0 radical (unpaired) electrons. The van der Waals surface area contributed by atoms with Gasteiger partial charge < -0.3 is 19.3 Å². The van der Waals surface area contributed by atoms with Crippen LogP contribution >= 0.6 is 0 Å². The third-order valence-corrected chi connectivity index (χ3v) is 11.4. The van der Waals surface area contributed by atoms with E-state index in [4.69, 9.17) is 9.47 Å². The van der Waals surface area contributed by atoms with Gasteiger partial charge in [0, 0.05) is 34.1 Å². The highest BCUT2D eigenvalue weighted by atomic mass is 19.2. The van der Waals surface area contributed by atoms with Gasteiger partial charge >= 0.3 is 0 Å². The van der Waals surface area contributed by atoms with E-state index in [0.29, 0.717) is 34.1 Å². The van der Waals surface area contributed by atoms with Gasteiger partial charge in [0.1, 0.15) is 11.5 Å². The summed E-state index contributed by atoms with van der Waals surface area (Å²) in [5.74, 6) is -51.1. The predicted octanol–water partition coefficient (Wildman–Crippen LogP) is 18.0. The second-order valence-electron chi connectivity index (χ2n) is 15.9. The molecule has 0 atom stereocenters. The summed E-state index contributed by atoms with van der Waals surface area (Å²) in [7, 11) is 0. The molecule has 0 spiro atoms. The van der Waals surface area contributed by atoms with Crippen molar-refractivity contribution in [2.45, 2.75) is 0 Å². The lowest BCUT2D eigenvalue weighted by molar-refractivity contribution is 0.363. The summed E-state index contributed by atoms with van der Waals surface area (Å²) in [6.07, 6.45) is 0. The molecule has 0 aliphatic carbocycles. The normalized spacial score (nSPS) is 11.3. The molecule has 0 fully saturated rings. The minimum absolute atomic E-state index is 0.335. The molecule has 9 aromatic rings. The van der Waals surface area contributed by atoms with E-state index in [-0.39, 0.29) is 0 Å². The van der Waals surface area contributed by atoms with Crippen LogP contribution in [0.4, 0.5) is 113 Å². The van der Waals surface area contributed by atoms with Crippen LogP contribution in [-0.2, 0) is 0 Å². The topological polar surface area (TPSA) is 24.9 Å². The first kappa shape index (κ1) is 51.8. The lowest BCUT2D eigenvalue weighted by Gasteiger charge is -2.28. The molecule has 22 heteroatoms. The van der Waals surface area contributed by atoms with Gasteiger partial charge in [-0.3, -0.25) is 0 Å². The molecule has 0 N–H and O–H groups in total. The number of ether oxygens (including phenoxy) is 2. The molecule has 0 aliphatic rings. The molecule has 0 amide bonds. The maximum Gasteiger partial charge on any atom is 0.205 e. The largest absolute Gasteiger partial charge is 0.451 e. The minimum Gasteiger partial charge on any atom is -0.451 e. The summed E-state index contributed by atoms with van der Waals surface area (Å²) in [4.78, 5) is 3.34. The first-order chi connectivity index (χ1) is 36.2. The van der Waals surface area contributed by atoms with Crippen LogP contribution in [0, 0.1) is 105 Å². The van der Waals surface area contributed by atoms with Crippen LogP contribution in [0.15, 0.2) is 133 Å². The zero-order chi connectivity index (χ0) is 54.6. The molecule has 4 nitrogen and oxygen atoms in total. The quantitative estimate of drug-likeness (QED) is 0.0692. The SMILES string of the molecule is Fc1c(F)c(F)c(-c2c(F)c(F)c(Oc3ccc(N(c4ccccc4)c4ccc(N(c5ccccc5)c5ccc(Oc6c(F)c(F)c(-c7c(F)c(F)c(F)c(F)c7F)c(F)c6F)cc5)cc4)cc3)c(F)c2F)c(F)c1F. The third-order valence-electron chi connectivity index (χ3n) is 11.4. The fourth-order valence-corrected chi connectivity index (χ4v) is 7.85. The van der Waals surface area contributed by atoms with Crippen molar-refractivity contribution >= 4 is 34.1 Å². The Labute approximate surface area is 415 Å². The molecule has 0 aliphatic heterocycles. The number of hydrogen-bond donors (Lipinski definition) is 0. The zero-order valence-corrected chi connectivity index (χ0v) is 37.2. The molecule has 0 unspecified atom stereocenters. The van der Waals surface area contributed by atoms with Gasteiger partial charge in [0.05, 0.1) is 22.3 Å². The number of benzene rings is 9. The van der Waals surface area contributed by atoms with E-state index in [0.717, 1.165) is 24.3 Å². The van der Waals surface area contributed by atoms with E-state index >= 15 is 35.1 Å². The Morgan fingerprint density at radius 2 is 0.382 bits per heavy atom. The van der Waals surface area contributed by atoms with Crippen molar-refractivity contribution in [3.05, 3.63) is 238 Å². The minimum atomic E-state index is -2.72. The van der Waals surface area contributed by atoms with E-state index in [9.17, 15) is 43.9 Å². The summed E-state index contributed by atoms with van der Waals surface area (Å²) in [5.41, 5.74) is -6.34. The van der Waals surface area contributed by atoms with E-state index < -0.39 is 150 Å². The first-order valence-corrected chi connectivity index (χ1v) is 21.3. The van der Waals surface area contributed by atoms with Crippen LogP contribution in [0.2, 0.25) is 0 Å². The molecule has 9 aromatic carbocycles. The van der Waals surface area contributed by atoms with Crippen molar-refractivity contribution in [3.63, 3.8) is 0 Å². The Bertz CT molecular complexity index is 3380. The van der Waals surface area contributed by atoms with Crippen molar-refractivity contribution in [1.82, 2.24) is 0 Å². The van der Waals surface area contributed by atoms with E-state index in [1.54, 1.807) is 94.7 Å². The second kappa shape index (κ2) is 20.3. The maximum absolute atomic E-state index is 15.3. The number of nitrogens with zero attached hydrogens (tertiary/aromatic N) is 2. The predicted molar refractivity (Wildman–Crippen MR) is 239 cm³/mol. The van der Waals surface area contributed by atoms with Gasteiger partial charge in [-0.25, -0.2) is 61.5 Å². The zero-order valence-electron chi connectivity index (χ0n) is 37.2. The van der Waals surface area contributed by atoms with Gasteiger partial charge in [-0.1, -0.05) is 36.4 Å². The number of anilines is 6. The van der Waals surface area contributed by atoms with Crippen molar-refractivity contribution in [2.75, 3.05) is 9.80 Å². The Balaban J connectivity index is 1.01. The van der Waals surface area contributed by atoms with Crippen molar-refractivity contribution in [3.8, 4) is 45.3 Å². The number of hydrogen-bond acceptors (Lipinski definition) is 4. The molecule has 9 rings (SSSR count). The summed E-state index contributed by atoms with van der Waals surface area (Å²) in [5, 5.41) is 0. The van der Waals surface area contributed by atoms with Crippen LogP contribution in [0.3, 0.4) is 0 Å². The van der Waals surface area contributed by atoms with Crippen molar-refractivity contribution in [1.29, 1.82) is 0 Å². The monoisotopic (exact) mass is 1070 g/mol. The van der Waals surface area contributed by atoms with Crippen LogP contribution in [0.5, 0.6) is 23.0 Å². The lowest BCUT2D eigenvalue weighted by Crippen LogP contribution is -2.12. The van der Waals surface area contributed by atoms with Crippen LogP contribution in [-0.4, -0.2) is 0 Å². The molecule has 0 saturated heterocycles. The molecule has 0 heterocycles. The van der Waals surface area contributed by atoms with Crippen molar-refractivity contribution in [2.24, 2.45) is 0 Å². The molecule has 76 heavy (non-hydrogen) atoms. The Morgan fingerprint density at radius 3 is 0.618 bits per heavy atom. The van der Waals surface area contributed by atoms with Crippen molar-refractivity contribution < 1.29 is 88.5 Å². The third kappa shape index (κ3) is 8.87. The summed E-state index contributed by atoms with van der Waals surface area (Å²) in [6.45, 7) is 0. The second-order valence-corrected chi connectivity index (χ2v) is 15.9. The van der Waals surface area contributed by atoms with E-state index in [1.165, 1.54) is 24.3 Å². The standard InChI is InChI=1S/C54H22F18N2O2/c55-35-31(36(56)44(64)47(67)43(35)63)33-39(59)49(69)53(50(70)40(33)60)75-29-19-15-27(16-20-29)73(23-7-3-1-4-8-23)25-11-13-26(14-12-25)74(24-9-5-2-6-10-24)28-17-21-30(22-18-28)76-54-51(71)41(61)34(42(62)52(54)72)32-37(57)45(65)48(68)46(66)38(32)58/h1-22H. The molecule has 0 saturated carbocycles. The van der Waals surface area contributed by atoms with Crippen LogP contribution in [0.1, 0.15) is 0 Å². The van der Waals surface area contributed by atoms with E-state index in [2.05, 4.69) is 0 Å². The average molecular weight is 1070 g/mol. The maximum atomic E-state index is 15.3. The van der Waals surface area contributed by atoms with Gasteiger partial charge in [0.25, 0.3) is 0 Å². The average Bonchev–Trinajstić information content (AvgIpc) is 3.43. The first-order valence-electron chi connectivity index (χ1n) is 21.3. The lowest BCUT2D eigenvalue weighted by atomic mass is 10.0. The number of halogens is 18. The molecule has 0 bridgehead atoms. The summed E-state index contributed by atoms with van der Waals surface area (Å²) >= 11 is 0. The molecule has 386 valence electrons. The molecular weight excluding hydrogens is 1050 g/mol.